The number of nitrogens with one attached hydrogen (secondary N) is 1. The SMILES string of the molecule is CS(=O)CCNCC(=O)N1CCOCC1. The minimum Gasteiger partial charge on any atom is -0.378 e. The number of ether oxygens (including phenoxy) is 1. The minimum absolute atomic E-state index is 0.0974. The van der Waals surface area contributed by atoms with Crippen molar-refractivity contribution in [2.24, 2.45) is 0 Å². The van der Waals surface area contributed by atoms with Gasteiger partial charge in [0.05, 0.1) is 19.8 Å². The van der Waals surface area contributed by atoms with E-state index in [1.165, 1.54) is 0 Å². The van der Waals surface area contributed by atoms with Crippen molar-refractivity contribution in [2.75, 3.05) is 51.4 Å². The van der Waals surface area contributed by atoms with Crippen molar-refractivity contribution in [3.63, 3.8) is 0 Å². The van der Waals surface area contributed by atoms with Crippen LogP contribution in [0.4, 0.5) is 0 Å². The Morgan fingerprint density at radius 3 is 2.73 bits per heavy atom. The molecule has 6 heteroatoms. The molecule has 1 fully saturated rings. The Morgan fingerprint density at radius 1 is 1.47 bits per heavy atom. The Morgan fingerprint density at radius 2 is 2.13 bits per heavy atom. The Bertz CT molecular complexity index is 229. The first-order valence-electron chi connectivity index (χ1n) is 5.06. The molecule has 0 aromatic rings. The molecule has 0 spiro atoms. The molecule has 1 aliphatic heterocycles. The molecule has 0 radical (unpaired) electrons. The quantitative estimate of drug-likeness (QED) is 0.608. The van der Waals surface area contributed by atoms with Crippen LogP contribution in [0, 0.1) is 0 Å². The third kappa shape index (κ3) is 5.25. The third-order valence-electron chi connectivity index (χ3n) is 2.21. The Kier molecular flexibility index (Phi) is 5.82. The molecule has 0 bridgehead atoms. The number of hydrogen-bond acceptors (Lipinski definition) is 4. The highest BCUT2D eigenvalue weighted by atomic mass is 32.2. The Hall–Kier alpha value is -0.460. The van der Waals surface area contributed by atoms with Crippen LogP contribution in [0.2, 0.25) is 0 Å². The van der Waals surface area contributed by atoms with Crippen molar-refractivity contribution in [3.05, 3.63) is 0 Å². The second-order valence-corrected chi connectivity index (χ2v) is 5.00. The number of amides is 1. The van der Waals surface area contributed by atoms with Gasteiger partial charge in [-0.15, -0.1) is 0 Å². The highest BCUT2D eigenvalue weighted by Crippen LogP contribution is 1.96. The molecule has 1 amide bonds. The summed E-state index contributed by atoms with van der Waals surface area (Å²) in [6.07, 6.45) is 1.66. The second kappa shape index (κ2) is 6.92. The van der Waals surface area contributed by atoms with Crippen molar-refractivity contribution in [1.82, 2.24) is 10.2 Å². The van der Waals surface area contributed by atoms with Crippen molar-refractivity contribution < 1.29 is 13.7 Å². The lowest BCUT2D eigenvalue weighted by Crippen LogP contribution is -2.45. The van der Waals surface area contributed by atoms with Crippen molar-refractivity contribution >= 4 is 16.7 Å². The van der Waals surface area contributed by atoms with Crippen LogP contribution >= 0.6 is 0 Å². The van der Waals surface area contributed by atoms with Crippen molar-refractivity contribution in [3.8, 4) is 0 Å². The summed E-state index contributed by atoms with van der Waals surface area (Å²) in [4.78, 5) is 13.4. The van der Waals surface area contributed by atoms with Crippen LogP contribution in [0.15, 0.2) is 0 Å². The number of carbonyl (C=O) groups excluding carboxylic acids is 1. The fourth-order valence-electron chi connectivity index (χ4n) is 1.34. The largest absolute Gasteiger partial charge is 0.378 e. The molecule has 15 heavy (non-hydrogen) atoms. The van der Waals surface area contributed by atoms with Crippen molar-refractivity contribution in [2.45, 2.75) is 0 Å². The number of morpholine rings is 1. The average Bonchev–Trinajstić information content (AvgIpc) is 2.25. The maximum atomic E-state index is 11.6. The van der Waals surface area contributed by atoms with Crippen LogP contribution in [0.1, 0.15) is 0 Å². The molecule has 5 nitrogen and oxygen atoms in total. The fourth-order valence-corrected chi connectivity index (χ4v) is 1.77. The molecule has 1 saturated heterocycles. The van der Waals surface area contributed by atoms with Crippen LogP contribution < -0.4 is 5.32 Å². The zero-order chi connectivity index (χ0) is 11.1. The van der Waals surface area contributed by atoms with Gasteiger partial charge in [0, 0.05) is 42.4 Å². The first-order chi connectivity index (χ1) is 7.20. The monoisotopic (exact) mass is 234 g/mol. The van der Waals surface area contributed by atoms with Gasteiger partial charge in [-0.05, 0) is 0 Å². The van der Waals surface area contributed by atoms with Gasteiger partial charge in [-0.2, -0.15) is 0 Å². The van der Waals surface area contributed by atoms with Crippen LogP contribution in [-0.2, 0) is 20.3 Å². The van der Waals surface area contributed by atoms with Crippen LogP contribution in [0.5, 0.6) is 0 Å². The molecule has 0 aromatic heterocycles. The fraction of sp³-hybridized carbons (Fsp3) is 0.889. The summed E-state index contributed by atoms with van der Waals surface area (Å²) in [6.45, 7) is 3.58. The summed E-state index contributed by atoms with van der Waals surface area (Å²) in [5.74, 6) is 0.691. The zero-order valence-corrected chi connectivity index (χ0v) is 9.85. The molecule has 1 rings (SSSR count). The number of nitrogens with zero attached hydrogens (tertiary/aromatic N) is 1. The maximum Gasteiger partial charge on any atom is 0.236 e. The molecule has 88 valence electrons. The first-order valence-corrected chi connectivity index (χ1v) is 6.79. The van der Waals surface area contributed by atoms with Gasteiger partial charge in [0.2, 0.25) is 5.91 Å². The zero-order valence-electron chi connectivity index (χ0n) is 9.03. The minimum atomic E-state index is -0.792. The summed E-state index contributed by atoms with van der Waals surface area (Å²) in [7, 11) is -0.792. The van der Waals surface area contributed by atoms with E-state index in [0.717, 1.165) is 0 Å². The van der Waals surface area contributed by atoms with E-state index in [1.807, 2.05) is 0 Å². The van der Waals surface area contributed by atoms with E-state index < -0.39 is 10.8 Å². The highest BCUT2D eigenvalue weighted by Gasteiger charge is 2.15. The van der Waals surface area contributed by atoms with Crippen LogP contribution in [-0.4, -0.2) is 66.4 Å². The topological polar surface area (TPSA) is 58.6 Å². The highest BCUT2D eigenvalue weighted by molar-refractivity contribution is 7.84. The normalized spacial score (nSPS) is 18.9. The van der Waals surface area contributed by atoms with E-state index in [9.17, 15) is 9.00 Å². The molecule has 0 saturated carbocycles. The van der Waals surface area contributed by atoms with Gasteiger partial charge in [-0.25, -0.2) is 0 Å². The molecule has 1 aliphatic rings. The molecule has 1 atom stereocenters. The molecule has 1 unspecified atom stereocenters. The predicted molar refractivity (Wildman–Crippen MR) is 59.2 cm³/mol. The van der Waals surface area contributed by atoms with E-state index in [4.69, 9.17) is 4.74 Å². The molecular weight excluding hydrogens is 216 g/mol. The van der Waals surface area contributed by atoms with Crippen LogP contribution in [0.3, 0.4) is 0 Å². The van der Waals surface area contributed by atoms with E-state index in [0.29, 0.717) is 45.1 Å². The van der Waals surface area contributed by atoms with Gasteiger partial charge in [-0.1, -0.05) is 0 Å². The van der Waals surface area contributed by atoms with Crippen molar-refractivity contribution in [1.29, 1.82) is 0 Å². The summed E-state index contributed by atoms with van der Waals surface area (Å²) in [5.41, 5.74) is 0. The maximum absolute atomic E-state index is 11.6. The van der Waals surface area contributed by atoms with Crippen LogP contribution in [0.25, 0.3) is 0 Å². The standard InChI is InChI=1S/C9H18N2O3S/c1-15(13)7-2-10-8-9(12)11-3-5-14-6-4-11/h10H,2-8H2,1H3. The van der Waals surface area contributed by atoms with E-state index in [-0.39, 0.29) is 5.91 Å². The molecule has 1 heterocycles. The molecular formula is C9H18N2O3S. The first kappa shape index (κ1) is 12.6. The smallest absolute Gasteiger partial charge is 0.236 e. The third-order valence-corrected chi connectivity index (χ3v) is 2.99. The molecule has 0 aliphatic carbocycles. The summed E-state index contributed by atoms with van der Waals surface area (Å²) >= 11 is 0. The van der Waals surface area contributed by atoms with E-state index in [2.05, 4.69) is 5.32 Å². The van der Waals surface area contributed by atoms with Gasteiger partial charge in [0.15, 0.2) is 0 Å². The van der Waals surface area contributed by atoms with Gasteiger partial charge >= 0.3 is 0 Å². The number of carbonyl (C=O) groups is 1. The van der Waals surface area contributed by atoms with E-state index in [1.54, 1.807) is 11.2 Å². The average molecular weight is 234 g/mol. The van der Waals surface area contributed by atoms with Gasteiger partial charge < -0.3 is 15.0 Å². The molecule has 1 N–H and O–H groups in total. The van der Waals surface area contributed by atoms with Gasteiger partial charge in [0.1, 0.15) is 0 Å². The summed E-state index contributed by atoms with van der Waals surface area (Å²) in [5, 5.41) is 2.99. The number of hydrogen-bond donors (Lipinski definition) is 1. The second-order valence-electron chi connectivity index (χ2n) is 3.45. The predicted octanol–water partition coefficient (Wildman–Crippen LogP) is -1.19. The lowest BCUT2D eigenvalue weighted by Gasteiger charge is -2.26. The Balaban J connectivity index is 2.09. The molecule has 0 aromatic carbocycles. The Labute approximate surface area is 92.6 Å². The summed E-state index contributed by atoms with van der Waals surface area (Å²) in [6, 6.07) is 0. The lowest BCUT2D eigenvalue weighted by atomic mass is 10.4. The van der Waals surface area contributed by atoms with Gasteiger partial charge in [-0.3, -0.25) is 9.00 Å². The number of rotatable bonds is 5. The summed E-state index contributed by atoms with van der Waals surface area (Å²) < 4.78 is 15.9. The van der Waals surface area contributed by atoms with Gasteiger partial charge in [0.25, 0.3) is 0 Å². The van der Waals surface area contributed by atoms with E-state index >= 15 is 0 Å². The lowest BCUT2D eigenvalue weighted by molar-refractivity contribution is -0.134.